The van der Waals surface area contributed by atoms with Gasteiger partial charge in [-0.2, -0.15) is 10.1 Å². The van der Waals surface area contributed by atoms with Gasteiger partial charge in [0.05, 0.1) is 6.20 Å². The number of likely N-dealkylation sites (tertiary alicyclic amines) is 1. The second-order valence-electron chi connectivity index (χ2n) is 8.55. The van der Waals surface area contributed by atoms with Crippen LogP contribution in [0, 0.1) is 6.92 Å². The number of hydrogen-bond acceptors (Lipinski definition) is 6. The van der Waals surface area contributed by atoms with Gasteiger partial charge in [0.1, 0.15) is 0 Å². The first-order chi connectivity index (χ1) is 14.0. The Labute approximate surface area is 172 Å². The fraction of sp³-hybridized carbons (Fsp3) is 0.714. The Morgan fingerprint density at radius 2 is 2.14 bits per heavy atom. The van der Waals surface area contributed by atoms with Crippen LogP contribution in [-0.4, -0.2) is 61.3 Å². The van der Waals surface area contributed by atoms with Gasteiger partial charge in [-0.1, -0.05) is 11.6 Å². The van der Waals surface area contributed by atoms with Crippen molar-refractivity contribution in [3.63, 3.8) is 0 Å². The number of hydrogen-bond donors (Lipinski definition) is 0. The summed E-state index contributed by atoms with van der Waals surface area (Å²) in [5, 5.41) is 8.49. The van der Waals surface area contributed by atoms with Gasteiger partial charge in [0.15, 0.2) is 5.82 Å². The molecule has 1 atom stereocenters. The molecule has 29 heavy (non-hydrogen) atoms. The van der Waals surface area contributed by atoms with Gasteiger partial charge >= 0.3 is 0 Å². The number of rotatable bonds is 7. The maximum absolute atomic E-state index is 12.4. The third-order valence-electron chi connectivity index (χ3n) is 6.57. The van der Waals surface area contributed by atoms with Crippen molar-refractivity contribution in [2.24, 2.45) is 7.05 Å². The van der Waals surface area contributed by atoms with E-state index in [1.165, 1.54) is 17.7 Å². The van der Waals surface area contributed by atoms with Crippen LogP contribution in [0.3, 0.4) is 0 Å². The van der Waals surface area contributed by atoms with Crippen molar-refractivity contribution in [2.75, 3.05) is 19.6 Å². The van der Waals surface area contributed by atoms with Crippen molar-refractivity contribution in [2.45, 2.75) is 70.9 Å². The van der Waals surface area contributed by atoms with Crippen molar-refractivity contribution in [3.05, 3.63) is 29.2 Å². The molecule has 0 radical (unpaired) electrons. The minimum atomic E-state index is 0.122. The molecule has 4 rings (SSSR count). The second kappa shape index (κ2) is 8.65. The molecule has 2 aromatic rings. The van der Waals surface area contributed by atoms with Crippen LogP contribution in [-0.2, 0) is 24.8 Å². The molecule has 0 aromatic carbocycles. The average Bonchev–Trinajstić information content (AvgIpc) is 3.23. The number of carbonyl (C=O) groups is 1. The smallest absolute Gasteiger partial charge is 0.229 e. The van der Waals surface area contributed by atoms with E-state index >= 15 is 0 Å². The highest BCUT2D eigenvalue weighted by Gasteiger charge is 2.29. The van der Waals surface area contributed by atoms with E-state index in [-0.39, 0.29) is 11.9 Å². The van der Waals surface area contributed by atoms with Crippen molar-refractivity contribution in [3.8, 4) is 0 Å². The molecule has 2 aromatic heterocycles. The van der Waals surface area contributed by atoms with E-state index in [2.05, 4.69) is 27.1 Å². The van der Waals surface area contributed by atoms with Crippen LogP contribution in [0.5, 0.6) is 0 Å². The highest BCUT2D eigenvalue weighted by atomic mass is 16.5. The van der Waals surface area contributed by atoms with Gasteiger partial charge in [-0.3, -0.25) is 14.4 Å². The van der Waals surface area contributed by atoms with Gasteiger partial charge < -0.3 is 9.42 Å². The molecule has 8 heteroatoms. The normalized spacial score (nSPS) is 20.6. The van der Waals surface area contributed by atoms with Crippen LogP contribution >= 0.6 is 0 Å². The summed E-state index contributed by atoms with van der Waals surface area (Å²) in [6.45, 7) is 7.26. The summed E-state index contributed by atoms with van der Waals surface area (Å²) < 4.78 is 7.34. The van der Waals surface area contributed by atoms with Gasteiger partial charge in [-0.05, 0) is 39.2 Å². The SMILES string of the molecule is CC(=O)N(CCc1noc(C2CCC2)n1)C1CCCN(Cc2cnn(C)c2C)C1. The lowest BCUT2D eigenvalue weighted by atomic mass is 9.85. The summed E-state index contributed by atoms with van der Waals surface area (Å²) in [4.78, 5) is 21.4. The largest absolute Gasteiger partial charge is 0.339 e. The fourth-order valence-electron chi connectivity index (χ4n) is 4.38. The molecule has 0 N–H and O–H groups in total. The summed E-state index contributed by atoms with van der Waals surface area (Å²) in [7, 11) is 1.98. The summed E-state index contributed by atoms with van der Waals surface area (Å²) in [6, 6.07) is 0.233. The highest BCUT2D eigenvalue weighted by molar-refractivity contribution is 5.73. The zero-order valence-electron chi connectivity index (χ0n) is 17.8. The van der Waals surface area contributed by atoms with Gasteiger partial charge in [-0.25, -0.2) is 0 Å². The number of amides is 1. The molecule has 8 nitrogen and oxygen atoms in total. The molecule has 2 fully saturated rings. The van der Waals surface area contributed by atoms with E-state index < -0.39 is 0 Å². The van der Waals surface area contributed by atoms with Crippen molar-refractivity contribution in [1.29, 1.82) is 0 Å². The lowest BCUT2D eigenvalue weighted by Crippen LogP contribution is -2.50. The fourth-order valence-corrected chi connectivity index (χ4v) is 4.38. The Hall–Kier alpha value is -2.22. The molecule has 2 aliphatic rings. The minimum Gasteiger partial charge on any atom is -0.339 e. The number of aromatic nitrogens is 4. The Morgan fingerprint density at radius 1 is 1.31 bits per heavy atom. The molecule has 158 valence electrons. The van der Waals surface area contributed by atoms with E-state index in [9.17, 15) is 4.79 Å². The molecule has 1 saturated carbocycles. The van der Waals surface area contributed by atoms with Crippen LogP contribution in [0.4, 0.5) is 0 Å². The monoisotopic (exact) mass is 400 g/mol. The van der Waals surface area contributed by atoms with Crippen LogP contribution in [0.15, 0.2) is 10.7 Å². The molecule has 1 amide bonds. The Kier molecular flexibility index (Phi) is 5.99. The lowest BCUT2D eigenvalue weighted by Gasteiger charge is -2.39. The van der Waals surface area contributed by atoms with E-state index in [1.54, 1.807) is 6.92 Å². The van der Waals surface area contributed by atoms with E-state index in [0.717, 1.165) is 57.0 Å². The van der Waals surface area contributed by atoms with E-state index in [0.29, 0.717) is 18.9 Å². The third kappa shape index (κ3) is 4.52. The molecule has 1 aliphatic carbocycles. The van der Waals surface area contributed by atoms with Gasteiger partial charge in [0.2, 0.25) is 11.8 Å². The first-order valence-corrected chi connectivity index (χ1v) is 10.8. The van der Waals surface area contributed by atoms with E-state index in [4.69, 9.17) is 4.52 Å². The molecule has 3 heterocycles. The van der Waals surface area contributed by atoms with Crippen molar-refractivity contribution >= 4 is 5.91 Å². The van der Waals surface area contributed by atoms with Crippen LogP contribution in [0.2, 0.25) is 0 Å². The number of carbonyl (C=O) groups excluding carboxylic acids is 1. The standard InChI is InChI=1S/C21H32N6O2/c1-15-18(12-22-25(15)3)13-26-10-5-8-19(14-26)27(16(2)28)11-9-20-23-21(29-24-20)17-6-4-7-17/h12,17,19H,4-11,13-14H2,1-3H3. The highest BCUT2D eigenvalue weighted by Crippen LogP contribution is 2.35. The number of piperidine rings is 1. The summed E-state index contributed by atoms with van der Waals surface area (Å²) in [5.41, 5.74) is 2.47. The molecule has 0 spiro atoms. The molecular formula is C21H32N6O2. The van der Waals surface area contributed by atoms with Gasteiger partial charge in [-0.15, -0.1) is 0 Å². The summed E-state index contributed by atoms with van der Waals surface area (Å²) in [6.07, 6.45) is 8.29. The predicted molar refractivity (Wildman–Crippen MR) is 108 cm³/mol. The number of nitrogens with zero attached hydrogens (tertiary/aromatic N) is 6. The van der Waals surface area contributed by atoms with Crippen molar-refractivity contribution in [1.82, 2.24) is 29.7 Å². The third-order valence-corrected chi connectivity index (χ3v) is 6.57. The first kappa shape index (κ1) is 20.1. The summed E-state index contributed by atoms with van der Waals surface area (Å²) in [5.74, 6) is 2.06. The molecule has 1 unspecified atom stereocenters. The Bertz CT molecular complexity index is 840. The second-order valence-corrected chi connectivity index (χ2v) is 8.55. The maximum atomic E-state index is 12.4. The Balaban J connectivity index is 1.35. The van der Waals surface area contributed by atoms with Crippen LogP contribution < -0.4 is 0 Å². The van der Waals surface area contributed by atoms with Crippen LogP contribution in [0.25, 0.3) is 0 Å². The Morgan fingerprint density at radius 3 is 2.79 bits per heavy atom. The quantitative estimate of drug-likeness (QED) is 0.710. The topological polar surface area (TPSA) is 80.3 Å². The van der Waals surface area contributed by atoms with Crippen molar-refractivity contribution < 1.29 is 9.32 Å². The van der Waals surface area contributed by atoms with Gasteiger partial charge in [0, 0.05) is 63.2 Å². The zero-order valence-corrected chi connectivity index (χ0v) is 17.8. The molecular weight excluding hydrogens is 368 g/mol. The maximum Gasteiger partial charge on any atom is 0.229 e. The minimum absolute atomic E-state index is 0.122. The zero-order chi connectivity index (χ0) is 20.4. The van der Waals surface area contributed by atoms with E-state index in [1.807, 2.05) is 22.8 Å². The molecule has 1 saturated heterocycles. The van der Waals surface area contributed by atoms with Crippen LogP contribution in [0.1, 0.15) is 67.9 Å². The first-order valence-electron chi connectivity index (χ1n) is 10.8. The molecule has 1 aliphatic heterocycles. The molecule has 0 bridgehead atoms. The lowest BCUT2D eigenvalue weighted by molar-refractivity contribution is -0.132. The average molecular weight is 401 g/mol. The van der Waals surface area contributed by atoms with Gasteiger partial charge in [0.25, 0.3) is 0 Å². The summed E-state index contributed by atoms with van der Waals surface area (Å²) >= 11 is 0. The number of aryl methyl sites for hydroxylation is 1. The predicted octanol–water partition coefficient (Wildman–Crippen LogP) is 2.43.